The van der Waals surface area contributed by atoms with Crippen molar-refractivity contribution in [2.75, 3.05) is 32.9 Å². The molecule has 2 saturated heterocycles. The molecule has 4 rings (SSSR count). The molecule has 2 aliphatic heterocycles. The van der Waals surface area contributed by atoms with Gasteiger partial charge in [-0.3, -0.25) is 4.90 Å². The lowest BCUT2D eigenvalue weighted by atomic mass is 9.94. The number of imidazole rings is 1. The van der Waals surface area contributed by atoms with E-state index in [1.165, 1.54) is 5.56 Å². The molecule has 1 spiro atoms. The zero-order valence-corrected chi connectivity index (χ0v) is 13.3. The van der Waals surface area contributed by atoms with Crippen molar-refractivity contribution in [3.63, 3.8) is 0 Å². The Morgan fingerprint density at radius 1 is 1.39 bits per heavy atom. The van der Waals surface area contributed by atoms with Gasteiger partial charge in [0.1, 0.15) is 5.60 Å². The Labute approximate surface area is 136 Å². The van der Waals surface area contributed by atoms with Crippen molar-refractivity contribution in [2.24, 2.45) is 5.92 Å². The summed E-state index contributed by atoms with van der Waals surface area (Å²) in [5.41, 5.74) is 1.03. The summed E-state index contributed by atoms with van der Waals surface area (Å²) >= 11 is 0. The van der Waals surface area contributed by atoms with Gasteiger partial charge in [0, 0.05) is 50.1 Å². The highest BCUT2D eigenvalue weighted by molar-refractivity contribution is 5.06. The van der Waals surface area contributed by atoms with E-state index in [9.17, 15) is 0 Å². The monoisotopic (exact) mass is 317 g/mol. The first-order valence-corrected chi connectivity index (χ1v) is 8.22. The molecule has 0 N–H and O–H groups in total. The maximum absolute atomic E-state index is 6.25. The van der Waals surface area contributed by atoms with Gasteiger partial charge in [0.15, 0.2) is 0 Å². The second-order valence-corrected chi connectivity index (χ2v) is 6.72. The summed E-state index contributed by atoms with van der Waals surface area (Å²) in [6, 6.07) is 2.02. The van der Waals surface area contributed by atoms with Crippen LogP contribution >= 0.6 is 0 Å². The summed E-state index contributed by atoms with van der Waals surface area (Å²) in [5, 5.41) is 0. The van der Waals surface area contributed by atoms with Crippen molar-refractivity contribution in [1.82, 2.24) is 14.5 Å². The van der Waals surface area contributed by atoms with Crippen molar-refractivity contribution < 1.29 is 13.9 Å². The van der Waals surface area contributed by atoms with Gasteiger partial charge in [-0.05, 0) is 12.5 Å². The number of hydrogen-bond acceptors (Lipinski definition) is 5. The highest BCUT2D eigenvalue weighted by atomic mass is 16.5. The molecule has 2 fully saturated rings. The molecule has 2 aromatic heterocycles. The number of nitrogens with zero attached hydrogens (tertiary/aromatic N) is 3. The minimum atomic E-state index is -0.175. The second kappa shape index (κ2) is 6.47. The summed E-state index contributed by atoms with van der Waals surface area (Å²) in [7, 11) is 0. The number of aromatic nitrogens is 2. The van der Waals surface area contributed by atoms with Crippen LogP contribution in [-0.4, -0.2) is 53.0 Å². The molecule has 6 nitrogen and oxygen atoms in total. The zero-order chi connectivity index (χ0) is 15.5. The minimum Gasteiger partial charge on any atom is -0.472 e. The number of rotatable bonds is 4. The average Bonchev–Trinajstić information content (AvgIpc) is 3.25. The zero-order valence-electron chi connectivity index (χ0n) is 13.3. The van der Waals surface area contributed by atoms with Crippen LogP contribution in [0.4, 0.5) is 0 Å². The predicted octanol–water partition coefficient (Wildman–Crippen LogP) is 1.78. The fourth-order valence-electron chi connectivity index (χ4n) is 3.72. The summed E-state index contributed by atoms with van der Waals surface area (Å²) in [5.74, 6) is 0.515. The van der Waals surface area contributed by atoms with Gasteiger partial charge in [-0.2, -0.15) is 0 Å². The van der Waals surface area contributed by atoms with Gasteiger partial charge in [0.2, 0.25) is 0 Å². The quantitative estimate of drug-likeness (QED) is 0.860. The summed E-state index contributed by atoms with van der Waals surface area (Å²) in [4.78, 5) is 6.53. The first-order valence-electron chi connectivity index (χ1n) is 8.22. The molecular formula is C17H23N3O3. The lowest BCUT2D eigenvalue weighted by Crippen LogP contribution is -2.43. The van der Waals surface area contributed by atoms with E-state index in [4.69, 9.17) is 13.9 Å². The molecule has 0 aromatic carbocycles. The number of furan rings is 1. The highest BCUT2D eigenvalue weighted by Gasteiger charge is 2.43. The van der Waals surface area contributed by atoms with E-state index in [2.05, 4.69) is 14.5 Å². The molecule has 0 radical (unpaired) electrons. The minimum absolute atomic E-state index is 0.175. The molecule has 0 unspecified atom stereocenters. The molecule has 2 atom stereocenters. The Hall–Kier alpha value is -1.63. The molecule has 0 aliphatic carbocycles. The molecule has 4 heterocycles. The van der Waals surface area contributed by atoms with Crippen LogP contribution in [0.2, 0.25) is 0 Å². The van der Waals surface area contributed by atoms with Crippen LogP contribution in [-0.2, 0) is 22.6 Å². The predicted molar refractivity (Wildman–Crippen MR) is 83.8 cm³/mol. The Balaban J connectivity index is 1.40. The summed E-state index contributed by atoms with van der Waals surface area (Å²) in [6.45, 7) is 5.94. The van der Waals surface area contributed by atoms with Crippen molar-refractivity contribution >= 4 is 0 Å². The maximum Gasteiger partial charge on any atom is 0.104 e. The van der Waals surface area contributed by atoms with Crippen LogP contribution in [0.1, 0.15) is 12.0 Å². The molecule has 0 saturated carbocycles. The summed E-state index contributed by atoms with van der Waals surface area (Å²) < 4.78 is 19.4. The average molecular weight is 317 g/mol. The van der Waals surface area contributed by atoms with Crippen LogP contribution in [0, 0.1) is 5.92 Å². The van der Waals surface area contributed by atoms with E-state index in [0.717, 1.165) is 45.8 Å². The van der Waals surface area contributed by atoms with E-state index < -0.39 is 0 Å². The van der Waals surface area contributed by atoms with Gasteiger partial charge >= 0.3 is 0 Å². The maximum atomic E-state index is 6.25. The van der Waals surface area contributed by atoms with Gasteiger partial charge in [0.05, 0.1) is 38.7 Å². The van der Waals surface area contributed by atoms with E-state index in [-0.39, 0.29) is 5.60 Å². The Bertz CT molecular complexity index is 599. The molecule has 124 valence electrons. The summed E-state index contributed by atoms with van der Waals surface area (Å²) in [6.07, 6.45) is 10.3. The topological polar surface area (TPSA) is 52.7 Å². The third-order valence-electron chi connectivity index (χ3n) is 4.73. The molecule has 0 bridgehead atoms. The fraction of sp³-hybridized carbons (Fsp3) is 0.588. The normalized spacial score (nSPS) is 29.1. The smallest absolute Gasteiger partial charge is 0.104 e. The van der Waals surface area contributed by atoms with Crippen LogP contribution in [0.3, 0.4) is 0 Å². The molecule has 0 amide bonds. The second-order valence-electron chi connectivity index (χ2n) is 6.72. The highest BCUT2D eigenvalue weighted by Crippen LogP contribution is 2.34. The number of hydrogen-bond donors (Lipinski definition) is 0. The molecular weight excluding hydrogens is 294 g/mol. The Morgan fingerprint density at radius 3 is 3.22 bits per heavy atom. The number of ether oxygens (including phenoxy) is 2. The van der Waals surface area contributed by atoms with Crippen molar-refractivity contribution in [3.05, 3.63) is 42.9 Å². The first kappa shape index (κ1) is 14.9. The largest absolute Gasteiger partial charge is 0.472 e. The molecule has 2 aromatic rings. The molecule has 2 aliphatic rings. The van der Waals surface area contributed by atoms with Gasteiger partial charge in [-0.15, -0.1) is 0 Å². The third kappa shape index (κ3) is 3.49. The third-order valence-corrected chi connectivity index (χ3v) is 4.73. The van der Waals surface area contributed by atoms with Crippen LogP contribution in [0.15, 0.2) is 41.7 Å². The van der Waals surface area contributed by atoms with Crippen molar-refractivity contribution in [1.29, 1.82) is 0 Å². The van der Waals surface area contributed by atoms with Crippen LogP contribution < -0.4 is 0 Å². The Morgan fingerprint density at radius 2 is 2.39 bits per heavy atom. The van der Waals surface area contributed by atoms with Crippen LogP contribution in [0.25, 0.3) is 0 Å². The van der Waals surface area contributed by atoms with Crippen molar-refractivity contribution in [3.8, 4) is 0 Å². The first-order chi connectivity index (χ1) is 11.3. The van der Waals surface area contributed by atoms with E-state index in [1.807, 2.05) is 31.1 Å². The fourth-order valence-corrected chi connectivity index (χ4v) is 3.72. The van der Waals surface area contributed by atoms with Crippen molar-refractivity contribution in [2.45, 2.75) is 25.1 Å². The van der Waals surface area contributed by atoms with Gasteiger partial charge in [-0.1, -0.05) is 0 Å². The van der Waals surface area contributed by atoms with Gasteiger partial charge in [0.25, 0.3) is 0 Å². The standard InChI is InChI=1S/C17H23N3O3/c1-5-21-10-15(1)8-19-4-6-22-13-17(12-19)7-16(11-23-17)9-20-3-2-18-14-20/h1-3,5,10,14,16H,4,6-9,11-13H2/t16-,17+/m0/s1. The van der Waals surface area contributed by atoms with E-state index in [1.54, 1.807) is 6.26 Å². The van der Waals surface area contributed by atoms with Gasteiger partial charge in [-0.25, -0.2) is 4.98 Å². The van der Waals surface area contributed by atoms with Gasteiger partial charge < -0.3 is 18.5 Å². The van der Waals surface area contributed by atoms with Crippen LogP contribution in [0.5, 0.6) is 0 Å². The van der Waals surface area contributed by atoms with E-state index in [0.29, 0.717) is 12.5 Å². The van der Waals surface area contributed by atoms with E-state index >= 15 is 0 Å². The molecule has 23 heavy (non-hydrogen) atoms. The molecule has 6 heteroatoms. The lowest BCUT2D eigenvalue weighted by Gasteiger charge is -2.31. The SMILES string of the molecule is c1cn(C[C@H]2CO[C@]3(COCCN(Cc4ccoc4)C3)C2)cn1. The Kier molecular flexibility index (Phi) is 4.20. The lowest BCUT2D eigenvalue weighted by molar-refractivity contribution is -0.0563.